The lowest BCUT2D eigenvalue weighted by Gasteiger charge is -2.12. The highest BCUT2D eigenvalue weighted by Crippen LogP contribution is 2.29. The maximum absolute atomic E-state index is 12.9. The molecule has 1 nitrogen and oxygen atoms in total. The highest BCUT2D eigenvalue weighted by atomic mass is 35.5. The molecule has 2 aromatic carbocycles. The van der Waals surface area contributed by atoms with E-state index in [0.29, 0.717) is 21.4 Å². The standard InChI is InChI=1S/C14H10Cl3FO/c15-7-11-12(16)2-1-3-14(11)19-8-9-4-5-10(18)6-13(9)17/h1-6H,7-8H2. The number of hydrogen-bond donors (Lipinski definition) is 0. The fourth-order valence-corrected chi connectivity index (χ4v) is 2.40. The summed E-state index contributed by atoms with van der Waals surface area (Å²) in [6.45, 7) is 0.226. The summed E-state index contributed by atoms with van der Waals surface area (Å²) < 4.78 is 18.6. The molecule has 0 unspecified atom stereocenters. The summed E-state index contributed by atoms with van der Waals surface area (Å²) in [5.74, 6) is 0.479. The van der Waals surface area contributed by atoms with Crippen LogP contribution in [0.25, 0.3) is 0 Å². The highest BCUT2D eigenvalue weighted by molar-refractivity contribution is 6.32. The van der Waals surface area contributed by atoms with Crippen molar-refractivity contribution in [2.75, 3.05) is 0 Å². The zero-order valence-electron chi connectivity index (χ0n) is 9.80. The van der Waals surface area contributed by atoms with E-state index in [1.807, 2.05) is 0 Å². The quantitative estimate of drug-likeness (QED) is 0.681. The van der Waals surface area contributed by atoms with Crippen molar-refractivity contribution < 1.29 is 9.13 Å². The van der Waals surface area contributed by atoms with Gasteiger partial charge in [-0.2, -0.15) is 0 Å². The number of rotatable bonds is 4. The summed E-state index contributed by atoms with van der Waals surface area (Å²) in [4.78, 5) is 0. The lowest BCUT2D eigenvalue weighted by Crippen LogP contribution is -1.99. The molecule has 0 saturated carbocycles. The van der Waals surface area contributed by atoms with Crippen LogP contribution >= 0.6 is 34.8 Å². The maximum atomic E-state index is 12.9. The monoisotopic (exact) mass is 318 g/mol. The van der Waals surface area contributed by atoms with E-state index in [-0.39, 0.29) is 18.3 Å². The minimum Gasteiger partial charge on any atom is -0.488 e. The van der Waals surface area contributed by atoms with E-state index < -0.39 is 0 Å². The third-order valence-electron chi connectivity index (χ3n) is 2.61. The van der Waals surface area contributed by atoms with Gasteiger partial charge in [-0.1, -0.05) is 35.3 Å². The second-order valence-electron chi connectivity index (χ2n) is 3.87. The van der Waals surface area contributed by atoms with Crippen LogP contribution in [0.15, 0.2) is 36.4 Å². The van der Waals surface area contributed by atoms with Crippen molar-refractivity contribution in [2.45, 2.75) is 12.5 Å². The maximum Gasteiger partial charge on any atom is 0.125 e. The molecule has 0 fully saturated rings. The summed E-state index contributed by atoms with van der Waals surface area (Å²) in [6, 6.07) is 9.48. The molecule has 100 valence electrons. The summed E-state index contributed by atoms with van der Waals surface area (Å²) in [7, 11) is 0. The Labute approximate surface area is 125 Å². The van der Waals surface area contributed by atoms with Gasteiger partial charge in [-0.15, -0.1) is 11.6 Å². The molecule has 2 rings (SSSR count). The molecule has 0 aliphatic heterocycles. The second kappa shape index (κ2) is 6.47. The van der Waals surface area contributed by atoms with E-state index in [1.165, 1.54) is 12.1 Å². The van der Waals surface area contributed by atoms with E-state index >= 15 is 0 Å². The number of ether oxygens (including phenoxy) is 1. The fourth-order valence-electron chi connectivity index (χ4n) is 1.60. The van der Waals surface area contributed by atoms with E-state index in [0.717, 1.165) is 5.56 Å². The van der Waals surface area contributed by atoms with Gasteiger partial charge in [0.15, 0.2) is 0 Å². The van der Waals surface area contributed by atoms with Crippen LogP contribution in [0.5, 0.6) is 5.75 Å². The fraction of sp³-hybridized carbons (Fsp3) is 0.143. The van der Waals surface area contributed by atoms with Gasteiger partial charge in [0.25, 0.3) is 0 Å². The summed E-state index contributed by atoms with van der Waals surface area (Å²) >= 11 is 17.8. The van der Waals surface area contributed by atoms with Gasteiger partial charge in [0, 0.05) is 16.1 Å². The molecule has 0 bridgehead atoms. The smallest absolute Gasteiger partial charge is 0.125 e. The third-order valence-corrected chi connectivity index (χ3v) is 3.58. The molecule has 0 heterocycles. The Kier molecular flexibility index (Phi) is 4.92. The van der Waals surface area contributed by atoms with Crippen molar-refractivity contribution in [1.82, 2.24) is 0 Å². The van der Waals surface area contributed by atoms with Crippen LogP contribution in [0.2, 0.25) is 10.0 Å². The Morgan fingerprint density at radius 2 is 1.84 bits per heavy atom. The predicted octanol–water partition coefficient (Wildman–Crippen LogP) is 5.45. The molecule has 0 aliphatic carbocycles. The minimum atomic E-state index is -0.377. The molecule has 0 radical (unpaired) electrons. The van der Waals surface area contributed by atoms with Crippen LogP contribution < -0.4 is 4.74 Å². The second-order valence-corrected chi connectivity index (χ2v) is 4.96. The number of hydrogen-bond acceptors (Lipinski definition) is 1. The number of alkyl halides is 1. The van der Waals surface area contributed by atoms with Crippen LogP contribution in [0.4, 0.5) is 4.39 Å². The average molecular weight is 320 g/mol. The van der Waals surface area contributed by atoms with Gasteiger partial charge in [0.2, 0.25) is 0 Å². The molecule has 0 aliphatic rings. The lowest BCUT2D eigenvalue weighted by molar-refractivity contribution is 0.304. The van der Waals surface area contributed by atoms with Crippen LogP contribution in [0, 0.1) is 5.82 Å². The summed E-state index contributed by atoms with van der Waals surface area (Å²) in [5, 5.41) is 0.882. The normalized spacial score (nSPS) is 10.5. The van der Waals surface area contributed by atoms with Crippen molar-refractivity contribution in [1.29, 1.82) is 0 Å². The van der Waals surface area contributed by atoms with E-state index in [9.17, 15) is 4.39 Å². The van der Waals surface area contributed by atoms with E-state index in [4.69, 9.17) is 39.5 Å². The topological polar surface area (TPSA) is 9.23 Å². The third kappa shape index (κ3) is 3.53. The lowest BCUT2D eigenvalue weighted by atomic mass is 10.2. The van der Waals surface area contributed by atoms with Crippen molar-refractivity contribution in [3.05, 3.63) is 63.4 Å². The molecular formula is C14H10Cl3FO. The molecule has 5 heteroatoms. The van der Waals surface area contributed by atoms with Crippen LogP contribution in [-0.4, -0.2) is 0 Å². The Morgan fingerprint density at radius 1 is 1.05 bits per heavy atom. The zero-order chi connectivity index (χ0) is 13.8. The first-order valence-corrected chi connectivity index (χ1v) is 6.81. The largest absolute Gasteiger partial charge is 0.488 e. The van der Waals surface area contributed by atoms with Gasteiger partial charge in [0.1, 0.15) is 18.2 Å². The molecule has 19 heavy (non-hydrogen) atoms. The van der Waals surface area contributed by atoms with Gasteiger partial charge in [-0.3, -0.25) is 0 Å². The Hall–Kier alpha value is -0.960. The minimum absolute atomic E-state index is 0.226. The van der Waals surface area contributed by atoms with Gasteiger partial charge >= 0.3 is 0 Å². The highest BCUT2D eigenvalue weighted by Gasteiger charge is 2.08. The Balaban J connectivity index is 2.17. The molecular weight excluding hydrogens is 310 g/mol. The molecule has 0 aromatic heterocycles. The van der Waals surface area contributed by atoms with Crippen LogP contribution in [0.1, 0.15) is 11.1 Å². The van der Waals surface area contributed by atoms with E-state index in [2.05, 4.69) is 0 Å². The van der Waals surface area contributed by atoms with Gasteiger partial charge in [0.05, 0.1) is 10.9 Å². The van der Waals surface area contributed by atoms with Crippen molar-refractivity contribution in [2.24, 2.45) is 0 Å². The van der Waals surface area contributed by atoms with Crippen LogP contribution in [0.3, 0.4) is 0 Å². The van der Waals surface area contributed by atoms with E-state index in [1.54, 1.807) is 24.3 Å². The predicted molar refractivity (Wildman–Crippen MR) is 76.8 cm³/mol. The average Bonchev–Trinajstić information content (AvgIpc) is 2.38. The number of benzene rings is 2. The number of halogens is 4. The molecule has 0 spiro atoms. The summed E-state index contributed by atoms with van der Waals surface area (Å²) in [5.41, 5.74) is 1.42. The molecule has 2 aromatic rings. The van der Waals surface area contributed by atoms with Gasteiger partial charge in [-0.25, -0.2) is 4.39 Å². The van der Waals surface area contributed by atoms with Gasteiger partial charge < -0.3 is 4.74 Å². The Bertz CT molecular complexity index is 587. The first-order chi connectivity index (χ1) is 9.11. The first-order valence-electron chi connectivity index (χ1n) is 5.52. The zero-order valence-corrected chi connectivity index (χ0v) is 12.1. The van der Waals surface area contributed by atoms with Gasteiger partial charge in [-0.05, 0) is 24.3 Å². The Morgan fingerprint density at radius 3 is 2.53 bits per heavy atom. The molecule has 0 saturated heterocycles. The van der Waals surface area contributed by atoms with Crippen molar-refractivity contribution in [3.63, 3.8) is 0 Å². The first kappa shape index (κ1) is 14.4. The SMILES string of the molecule is Fc1ccc(COc2cccc(Cl)c2CCl)c(Cl)c1. The molecule has 0 amide bonds. The molecule has 0 atom stereocenters. The summed E-state index contributed by atoms with van der Waals surface area (Å²) in [6.07, 6.45) is 0. The van der Waals surface area contributed by atoms with Crippen molar-refractivity contribution in [3.8, 4) is 5.75 Å². The molecule has 0 N–H and O–H groups in total. The van der Waals surface area contributed by atoms with Crippen LogP contribution in [-0.2, 0) is 12.5 Å². The van der Waals surface area contributed by atoms with Crippen molar-refractivity contribution >= 4 is 34.8 Å².